The third-order valence-corrected chi connectivity index (χ3v) is 5.17. The monoisotopic (exact) mass is 356 g/mol. The summed E-state index contributed by atoms with van der Waals surface area (Å²) >= 11 is 1.32. The lowest BCUT2D eigenvalue weighted by Crippen LogP contribution is -2.25. The van der Waals surface area contributed by atoms with Crippen LogP contribution in [0.4, 0.5) is 11.4 Å². The Morgan fingerprint density at radius 1 is 1.00 bits per heavy atom. The zero-order valence-electron chi connectivity index (χ0n) is 15.1. The van der Waals surface area contributed by atoms with Crippen LogP contribution in [0.2, 0.25) is 0 Å². The van der Waals surface area contributed by atoms with Crippen molar-refractivity contribution in [2.75, 3.05) is 16.4 Å². The molecule has 25 heavy (non-hydrogen) atoms. The molecule has 0 bridgehead atoms. The number of amides is 2. The molecule has 0 aliphatic carbocycles. The Hall–Kier alpha value is -2.27. The normalized spacial score (nSPS) is 11.7. The van der Waals surface area contributed by atoms with Crippen molar-refractivity contribution in [3.05, 3.63) is 59.2 Å². The Balaban J connectivity index is 1.83. The SMILES string of the molecule is Cc1ccc(NC(=O)CSC(C)C(=O)Nc2cccc(C)c2C)cc1. The maximum Gasteiger partial charge on any atom is 0.237 e. The molecule has 2 aromatic carbocycles. The molecule has 0 saturated heterocycles. The smallest absolute Gasteiger partial charge is 0.237 e. The van der Waals surface area contributed by atoms with Crippen LogP contribution in [0.25, 0.3) is 0 Å². The van der Waals surface area contributed by atoms with Gasteiger partial charge in [-0.05, 0) is 57.0 Å². The van der Waals surface area contributed by atoms with Crippen molar-refractivity contribution < 1.29 is 9.59 Å². The fourth-order valence-electron chi connectivity index (χ4n) is 2.23. The van der Waals surface area contributed by atoms with E-state index in [1.807, 2.05) is 70.2 Å². The van der Waals surface area contributed by atoms with E-state index < -0.39 is 0 Å². The van der Waals surface area contributed by atoms with Crippen molar-refractivity contribution >= 4 is 35.0 Å². The van der Waals surface area contributed by atoms with Gasteiger partial charge in [-0.15, -0.1) is 11.8 Å². The highest BCUT2D eigenvalue weighted by molar-refractivity contribution is 8.01. The summed E-state index contributed by atoms with van der Waals surface area (Å²) in [4.78, 5) is 24.3. The third kappa shape index (κ3) is 5.64. The van der Waals surface area contributed by atoms with Crippen molar-refractivity contribution in [2.45, 2.75) is 32.9 Å². The number of benzene rings is 2. The zero-order chi connectivity index (χ0) is 18.4. The average molecular weight is 356 g/mol. The van der Waals surface area contributed by atoms with Crippen LogP contribution in [0.1, 0.15) is 23.6 Å². The number of hydrogen-bond donors (Lipinski definition) is 2. The number of carbonyl (C=O) groups is 2. The molecule has 0 saturated carbocycles. The summed E-state index contributed by atoms with van der Waals surface area (Å²) in [6.45, 7) is 7.80. The summed E-state index contributed by atoms with van der Waals surface area (Å²) in [5.74, 6) is 0.0250. The van der Waals surface area contributed by atoms with Gasteiger partial charge in [-0.2, -0.15) is 0 Å². The van der Waals surface area contributed by atoms with Gasteiger partial charge in [-0.1, -0.05) is 29.8 Å². The molecule has 1 unspecified atom stereocenters. The fourth-order valence-corrected chi connectivity index (χ4v) is 2.92. The Labute approximate surface area is 153 Å². The van der Waals surface area contributed by atoms with E-state index in [2.05, 4.69) is 10.6 Å². The topological polar surface area (TPSA) is 58.2 Å². The Bertz CT molecular complexity index is 757. The van der Waals surface area contributed by atoms with Crippen molar-refractivity contribution in [1.29, 1.82) is 0 Å². The van der Waals surface area contributed by atoms with E-state index in [-0.39, 0.29) is 22.8 Å². The molecule has 2 N–H and O–H groups in total. The Morgan fingerprint density at radius 2 is 1.68 bits per heavy atom. The van der Waals surface area contributed by atoms with Gasteiger partial charge < -0.3 is 10.6 Å². The summed E-state index contributed by atoms with van der Waals surface area (Å²) in [5.41, 5.74) is 4.93. The average Bonchev–Trinajstić information content (AvgIpc) is 2.58. The number of thioether (sulfide) groups is 1. The Morgan fingerprint density at radius 3 is 2.36 bits per heavy atom. The summed E-state index contributed by atoms with van der Waals surface area (Å²) in [6.07, 6.45) is 0. The van der Waals surface area contributed by atoms with Gasteiger partial charge in [0.1, 0.15) is 0 Å². The summed E-state index contributed by atoms with van der Waals surface area (Å²) in [7, 11) is 0. The van der Waals surface area contributed by atoms with Crippen molar-refractivity contribution in [2.24, 2.45) is 0 Å². The molecule has 2 aromatic rings. The van der Waals surface area contributed by atoms with Gasteiger partial charge in [0.25, 0.3) is 0 Å². The predicted molar refractivity (Wildman–Crippen MR) is 106 cm³/mol. The first-order chi connectivity index (χ1) is 11.9. The summed E-state index contributed by atoms with van der Waals surface area (Å²) in [6, 6.07) is 13.5. The zero-order valence-corrected chi connectivity index (χ0v) is 15.9. The number of aryl methyl sites for hydroxylation is 2. The van der Waals surface area contributed by atoms with Crippen LogP contribution in [-0.4, -0.2) is 22.8 Å². The summed E-state index contributed by atoms with van der Waals surface area (Å²) < 4.78 is 0. The van der Waals surface area contributed by atoms with Gasteiger partial charge in [0, 0.05) is 11.4 Å². The molecule has 2 rings (SSSR count). The number of nitrogens with one attached hydrogen (secondary N) is 2. The molecule has 2 amide bonds. The number of rotatable bonds is 6. The van der Waals surface area contributed by atoms with E-state index in [9.17, 15) is 9.59 Å². The molecule has 0 aromatic heterocycles. The predicted octanol–water partition coefficient (Wildman–Crippen LogP) is 4.31. The second-order valence-corrected chi connectivity index (χ2v) is 7.43. The van der Waals surface area contributed by atoms with Crippen LogP contribution in [0.5, 0.6) is 0 Å². The minimum atomic E-state index is -0.316. The maximum absolute atomic E-state index is 12.3. The standard InChI is InChI=1S/C20H24N2O2S/c1-13-8-10-17(11-9-13)21-19(23)12-25-16(4)20(24)22-18-7-5-6-14(2)15(18)3/h5-11,16H,12H2,1-4H3,(H,21,23)(H,22,24). The van der Waals surface area contributed by atoms with E-state index in [1.165, 1.54) is 11.8 Å². The highest BCUT2D eigenvalue weighted by Crippen LogP contribution is 2.20. The third-order valence-electron chi connectivity index (χ3n) is 4.03. The minimum Gasteiger partial charge on any atom is -0.325 e. The van der Waals surface area contributed by atoms with Crippen LogP contribution in [-0.2, 0) is 9.59 Å². The van der Waals surface area contributed by atoms with Crippen LogP contribution in [0, 0.1) is 20.8 Å². The van der Waals surface area contributed by atoms with Crippen LogP contribution in [0.15, 0.2) is 42.5 Å². The van der Waals surface area contributed by atoms with E-state index in [4.69, 9.17) is 0 Å². The lowest BCUT2D eigenvalue weighted by Gasteiger charge is -2.14. The molecule has 0 aliphatic heterocycles. The van der Waals surface area contributed by atoms with E-state index >= 15 is 0 Å². The van der Waals surface area contributed by atoms with Gasteiger partial charge >= 0.3 is 0 Å². The second-order valence-electron chi connectivity index (χ2n) is 6.10. The van der Waals surface area contributed by atoms with Crippen molar-refractivity contribution in [3.8, 4) is 0 Å². The van der Waals surface area contributed by atoms with Gasteiger partial charge in [0.05, 0.1) is 11.0 Å². The first-order valence-corrected chi connectivity index (χ1v) is 9.27. The highest BCUT2D eigenvalue weighted by atomic mass is 32.2. The largest absolute Gasteiger partial charge is 0.325 e. The highest BCUT2D eigenvalue weighted by Gasteiger charge is 2.16. The first kappa shape index (κ1) is 19.1. The molecule has 0 radical (unpaired) electrons. The van der Waals surface area contributed by atoms with Gasteiger partial charge in [0.15, 0.2) is 0 Å². The van der Waals surface area contributed by atoms with Crippen molar-refractivity contribution in [1.82, 2.24) is 0 Å². The van der Waals surface area contributed by atoms with Gasteiger partial charge in [-0.3, -0.25) is 9.59 Å². The van der Waals surface area contributed by atoms with Crippen LogP contribution in [0.3, 0.4) is 0 Å². The molecular weight excluding hydrogens is 332 g/mol. The molecular formula is C20H24N2O2S. The molecule has 0 fully saturated rings. The quantitative estimate of drug-likeness (QED) is 0.811. The molecule has 4 nitrogen and oxygen atoms in total. The van der Waals surface area contributed by atoms with E-state index in [0.29, 0.717) is 0 Å². The lowest BCUT2D eigenvalue weighted by atomic mass is 10.1. The van der Waals surface area contributed by atoms with Gasteiger partial charge in [-0.25, -0.2) is 0 Å². The summed E-state index contributed by atoms with van der Waals surface area (Å²) in [5, 5.41) is 5.46. The molecule has 0 aliphatic rings. The van der Waals surface area contributed by atoms with Crippen LogP contribution >= 0.6 is 11.8 Å². The Kier molecular flexibility index (Phi) is 6.65. The molecule has 1 atom stereocenters. The van der Waals surface area contributed by atoms with Crippen LogP contribution < -0.4 is 10.6 Å². The maximum atomic E-state index is 12.3. The van der Waals surface area contributed by atoms with Crippen molar-refractivity contribution in [3.63, 3.8) is 0 Å². The number of anilines is 2. The molecule has 0 spiro atoms. The van der Waals surface area contributed by atoms with E-state index in [0.717, 1.165) is 28.1 Å². The molecule has 0 heterocycles. The molecule has 132 valence electrons. The lowest BCUT2D eigenvalue weighted by molar-refractivity contribution is -0.115. The number of hydrogen-bond acceptors (Lipinski definition) is 3. The van der Waals surface area contributed by atoms with E-state index in [1.54, 1.807) is 0 Å². The molecule has 5 heteroatoms. The minimum absolute atomic E-state index is 0.0955. The first-order valence-electron chi connectivity index (χ1n) is 8.22. The second kappa shape index (κ2) is 8.72. The van der Waals surface area contributed by atoms with Gasteiger partial charge in [0.2, 0.25) is 11.8 Å². The fraction of sp³-hybridized carbons (Fsp3) is 0.300. The number of carbonyl (C=O) groups excluding carboxylic acids is 2.